The fourth-order valence-electron chi connectivity index (χ4n) is 10.8. The highest BCUT2D eigenvalue weighted by atomic mass is 16.5. The fraction of sp³-hybridized carbons (Fsp3) is 0.0702. The van der Waals surface area contributed by atoms with E-state index in [1.807, 2.05) is 0 Å². The maximum absolute atomic E-state index is 6.79. The van der Waals surface area contributed by atoms with Gasteiger partial charge in [0.25, 0.3) is 0 Å². The van der Waals surface area contributed by atoms with Crippen LogP contribution in [0.15, 0.2) is 199 Å². The van der Waals surface area contributed by atoms with Crippen molar-refractivity contribution in [3.05, 3.63) is 244 Å². The summed E-state index contributed by atoms with van der Waals surface area (Å²) in [7, 11) is 0. The van der Waals surface area contributed by atoms with Gasteiger partial charge in [-0.2, -0.15) is 0 Å². The zero-order valence-corrected chi connectivity index (χ0v) is 33.3. The van der Waals surface area contributed by atoms with Gasteiger partial charge in [0.15, 0.2) is 0 Å². The van der Waals surface area contributed by atoms with Crippen molar-refractivity contribution in [1.29, 1.82) is 0 Å². The van der Waals surface area contributed by atoms with Gasteiger partial charge in [-0.25, -0.2) is 0 Å². The first-order valence-corrected chi connectivity index (χ1v) is 21.3. The average Bonchev–Trinajstić information content (AvgIpc) is 3.83. The van der Waals surface area contributed by atoms with Gasteiger partial charge < -0.3 is 14.6 Å². The van der Waals surface area contributed by atoms with Crippen LogP contribution in [0.4, 0.5) is 0 Å². The molecule has 0 radical (unpaired) electrons. The monoisotopic (exact) mass is 781 g/mol. The Morgan fingerprint density at radius 3 is 2.20 bits per heavy atom. The maximum atomic E-state index is 6.79. The number of aryl methyl sites for hydroxylation is 1. The number of rotatable bonds is 4. The number of allylic oxidation sites excluding steroid dienone is 2. The highest BCUT2D eigenvalue weighted by Gasteiger charge is 2.51. The van der Waals surface area contributed by atoms with Crippen LogP contribution >= 0.6 is 0 Å². The molecular weight excluding hydrogens is 743 g/mol. The summed E-state index contributed by atoms with van der Waals surface area (Å²) in [6.45, 7) is 0. The summed E-state index contributed by atoms with van der Waals surface area (Å²) in [5.41, 5.74) is 17.1. The van der Waals surface area contributed by atoms with Crippen LogP contribution in [0.25, 0.3) is 50.3 Å². The third-order valence-electron chi connectivity index (χ3n) is 13.4. The largest absolute Gasteiger partial charge is 0.457 e. The van der Waals surface area contributed by atoms with E-state index in [1.54, 1.807) is 0 Å². The van der Waals surface area contributed by atoms with Crippen LogP contribution < -0.4 is 10.1 Å². The van der Waals surface area contributed by atoms with Crippen LogP contribution in [-0.4, -0.2) is 10.3 Å². The molecule has 1 aromatic heterocycles. The predicted octanol–water partition coefficient (Wildman–Crippen LogP) is 13.3. The molecule has 2 aliphatic heterocycles. The molecule has 3 heterocycles. The molecular formula is C57H39N3O. The lowest BCUT2D eigenvalue weighted by atomic mass is 9.66. The van der Waals surface area contributed by atoms with Crippen molar-refractivity contribution >= 4 is 39.2 Å². The standard InChI is InChI=1S/C57H39N3O/c1-2-16-37(17-3-1)56-58-49(38-18-14-19-40(33-38)60-51-27-12-8-23-44(51)55-41-20-5-4-15-36(41)29-31-52(55)60)35-50(59-56)39-30-32-54-48(34-39)57(47-26-11-13-28-53(47)61-54)45-24-9-6-21-42(45)43-22-7-10-25-46(43)57/h1-7,9-22,24-35,56,59H,8,23H2. The zero-order chi connectivity index (χ0) is 40.1. The highest BCUT2D eigenvalue weighted by molar-refractivity contribution is 6.14. The molecule has 1 N–H and O–H groups in total. The number of aromatic nitrogens is 1. The molecule has 0 fully saturated rings. The van der Waals surface area contributed by atoms with Crippen molar-refractivity contribution in [1.82, 2.24) is 9.88 Å². The number of hydrogen-bond acceptors (Lipinski definition) is 3. The van der Waals surface area contributed by atoms with Gasteiger partial charge in [-0.05, 0) is 117 Å². The lowest BCUT2D eigenvalue weighted by Gasteiger charge is -2.39. The van der Waals surface area contributed by atoms with Crippen molar-refractivity contribution in [3.8, 4) is 28.3 Å². The maximum Gasteiger partial charge on any atom is 0.145 e. The third kappa shape index (κ3) is 4.96. The number of aliphatic imine (C=N–C) groups is 1. The quantitative estimate of drug-likeness (QED) is 0.193. The van der Waals surface area contributed by atoms with Crippen LogP contribution in [-0.2, 0) is 11.8 Å². The second-order valence-electron chi connectivity index (χ2n) is 16.6. The lowest BCUT2D eigenvalue weighted by molar-refractivity contribution is 0.436. The minimum absolute atomic E-state index is 0.288. The molecule has 1 spiro atoms. The Labute approximate surface area is 354 Å². The Hall–Kier alpha value is -7.69. The summed E-state index contributed by atoms with van der Waals surface area (Å²) in [5.74, 6) is 1.76. The lowest BCUT2D eigenvalue weighted by Crippen LogP contribution is -2.32. The Bertz CT molecular complexity index is 3340. The summed E-state index contributed by atoms with van der Waals surface area (Å²) >= 11 is 0. The third-order valence-corrected chi connectivity index (χ3v) is 13.4. The highest BCUT2D eigenvalue weighted by Crippen LogP contribution is 2.62. The van der Waals surface area contributed by atoms with Crippen molar-refractivity contribution in [2.75, 3.05) is 0 Å². The number of para-hydroxylation sites is 1. The molecule has 13 rings (SSSR count). The van der Waals surface area contributed by atoms with E-state index in [4.69, 9.17) is 9.73 Å². The molecule has 61 heavy (non-hydrogen) atoms. The molecule has 0 amide bonds. The van der Waals surface area contributed by atoms with Gasteiger partial charge in [-0.3, -0.25) is 4.99 Å². The van der Waals surface area contributed by atoms with E-state index in [0.29, 0.717) is 0 Å². The number of nitrogens with zero attached hydrogens (tertiary/aromatic N) is 2. The van der Waals surface area contributed by atoms with Gasteiger partial charge in [0.05, 0.1) is 16.6 Å². The topological polar surface area (TPSA) is 38.5 Å². The van der Waals surface area contributed by atoms with E-state index in [0.717, 1.165) is 69.3 Å². The zero-order valence-electron chi connectivity index (χ0n) is 33.3. The van der Waals surface area contributed by atoms with E-state index in [2.05, 4.69) is 210 Å². The Morgan fingerprint density at radius 2 is 1.34 bits per heavy atom. The fourth-order valence-corrected chi connectivity index (χ4v) is 10.8. The van der Waals surface area contributed by atoms with Gasteiger partial charge in [0.1, 0.15) is 17.7 Å². The first-order valence-electron chi connectivity index (χ1n) is 21.3. The van der Waals surface area contributed by atoms with Gasteiger partial charge in [-0.15, -0.1) is 0 Å². The SMILES string of the molecule is C1=Cc2c(c3c4ccccc4ccc3n2-c2cccc(C3=NC(c4ccccc4)NC(c4ccc5c(c4)C4(c6ccccc6O5)c5ccccc5-c5ccccc54)=C3)c2)CC1. The Balaban J connectivity index is 0.990. The molecule has 1 unspecified atom stereocenters. The van der Waals surface area contributed by atoms with E-state index in [-0.39, 0.29) is 6.17 Å². The number of benzene rings is 8. The van der Waals surface area contributed by atoms with Crippen molar-refractivity contribution in [2.24, 2.45) is 4.99 Å². The molecule has 9 aromatic rings. The first kappa shape index (κ1) is 34.2. The molecule has 2 aliphatic carbocycles. The first-order chi connectivity index (χ1) is 30.2. The Morgan fingerprint density at radius 1 is 0.607 bits per heavy atom. The number of ether oxygens (including phenoxy) is 1. The summed E-state index contributed by atoms with van der Waals surface area (Å²) < 4.78 is 9.24. The van der Waals surface area contributed by atoms with E-state index < -0.39 is 5.41 Å². The van der Waals surface area contributed by atoms with Crippen molar-refractivity contribution in [2.45, 2.75) is 24.4 Å². The molecule has 4 aliphatic rings. The predicted molar refractivity (Wildman–Crippen MR) is 249 cm³/mol. The van der Waals surface area contributed by atoms with Gasteiger partial charge in [0.2, 0.25) is 0 Å². The van der Waals surface area contributed by atoms with Crippen molar-refractivity contribution in [3.63, 3.8) is 0 Å². The molecule has 288 valence electrons. The van der Waals surface area contributed by atoms with E-state index >= 15 is 0 Å². The van der Waals surface area contributed by atoms with Crippen LogP contribution in [0.5, 0.6) is 11.5 Å². The van der Waals surface area contributed by atoms with Gasteiger partial charge >= 0.3 is 0 Å². The van der Waals surface area contributed by atoms with Gasteiger partial charge in [-0.1, -0.05) is 146 Å². The molecule has 1 atom stereocenters. The smallest absolute Gasteiger partial charge is 0.145 e. The normalized spacial score (nSPS) is 16.4. The van der Waals surface area contributed by atoms with Crippen LogP contribution in [0.2, 0.25) is 0 Å². The number of nitrogens with one attached hydrogen (secondary N) is 1. The average molecular weight is 782 g/mol. The van der Waals surface area contributed by atoms with Crippen LogP contribution in [0, 0.1) is 0 Å². The number of hydrogen-bond donors (Lipinski definition) is 1. The molecule has 4 nitrogen and oxygen atoms in total. The second kappa shape index (κ2) is 13.2. The summed E-state index contributed by atoms with van der Waals surface area (Å²) in [5, 5.41) is 7.82. The minimum Gasteiger partial charge on any atom is -0.457 e. The molecule has 4 heteroatoms. The molecule has 0 saturated heterocycles. The van der Waals surface area contributed by atoms with E-state index in [1.165, 1.54) is 55.2 Å². The summed E-state index contributed by atoms with van der Waals surface area (Å²) in [4.78, 5) is 5.44. The molecule has 0 saturated carbocycles. The van der Waals surface area contributed by atoms with Crippen LogP contribution in [0.1, 0.15) is 62.8 Å². The molecule has 0 bridgehead atoms. The Kier molecular flexibility index (Phi) is 7.38. The number of fused-ring (bicyclic) bond motifs is 14. The minimum atomic E-state index is -0.550. The summed E-state index contributed by atoms with van der Waals surface area (Å²) in [6, 6.07) is 65.9. The van der Waals surface area contributed by atoms with E-state index in [9.17, 15) is 0 Å². The van der Waals surface area contributed by atoms with Crippen LogP contribution in [0.3, 0.4) is 0 Å². The van der Waals surface area contributed by atoms with Gasteiger partial charge in [0, 0.05) is 39.2 Å². The molecule has 8 aromatic carbocycles. The summed E-state index contributed by atoms with van der Waals surface area (Å²) in [6.07, 6.45) is 8.66. The second-order valence-corrected chi connectivity index (χ2v) is 16.6. The van der Waals surface area contributed by atoms with Crippen molar-refractivity contribution < 1.29 is 4.74 Å².